The fourth-order valence-electron chi connectivity index (χ4n) is 2.91. The number of pyridine rings is 1. The summed E-state index contributed by atoms with van der Waals surface area (Å²) in [7, 11) is 0. The summed E-state index contributed by atoms with van der Waals surface area (Å²) in [6.45, 7) is 7.12. The third-order valence-corrected chi connectivity index (χ3v) is 5.52. The highest BCUT2D eigenvalue weighted by Crippen LogP contribution is 2.23. The van der Waals surface area contributed by atoms with Crippen molar-refractivity contribution in [3.8, 4) is 0 Å². The van der Waals surface area contributed by atoms with E-state index < -0.39 is 0 Å². The zero-order chi connectivity index (χ0) is 16.9. The van der Waals surface area contributed by atoms with E-state index in [1.54, 1.807) is 17.5 Å². The van der Waals surface area contributed by atoms with Crippen molar-refractivity contribution in [3.05, 3.63) is 40.5 Å². The summed E-state index contributed by atoms with van der Waals surface area (Å²) in [6.07, 6.45) is 3.47. The predicted molar refractivity (Wildman–Crippen MR) is 97.1 cm³/mol. The summed E-state index contributed by atoms with van der Waals surface area (Å²) in [5.74, 6) is 1.28. The topological polar surface area (TPSA) is 58.1 Å². The summed E-state index contributed by atoms with van der Waals surface area (Å²) in [5, 5.41) is 6.28. The minimum atomic E-state index is 0.0740. The molecule has 0 aromatic carbocycles. The van der Waals surface area contributed by atoms with Crippen molar-refractivity contribution in [1.29, 1.82) is 0 Å². The first-order chi connectivity index (χ1) is 11.6. The van der Waals surface area contributed by atoms with Gasteiger partial charge in [-0.15, -0.1) is 11.3 Å². The third-order valence-electron chi connectivity index (χ3n) is 4.32. The molecule has 24 heavy (non-hydrogen) atoms. The fraction of sp³-hybridized carbons (Fsp3) is 0.500. The van der Waals surface area contributed by atoms with Crippen LogP contribution in [-0.4, -0.2) is 33.9 Å². The van der Waals surface area contributed by atoms with E-state index in [-0.39, 0.29) is 11.8 Å². The molecule has 0 radical (unpaired) electrons. The Labute approximate surface area is 147 Å². The average Bonchev–Trinajstić information content (AvgIpc) is 3.05. The van der Waals surface area contributed by atoms with Crippen LogP contribution in [-0.2, 0) is 11.3 Å². The van der Waals surface area contributed by atoms with Crippen molar-refractivity contribution in [1.82, 2.24) is 14.9 Å². The second kappa shape index (κ2) is 7.85. The van der Waals surface area contributed by atoms with E-state index in [1.807, 2.05) is 18.2 Å². The molecular weight excluding hydrogens is 320 g/mol. The molecule has 2 aromatic rings. The maximum Gasteiger partial charge on any atom is 0.228 e. The van der Waals surface area contributed by atoms with Crippen molar-refractivity contribution < 1.29 is 4.79 Å². The molecule has 3 rings (SSSR count). The molecule has 0 unspecified atom stereocenters. The quantitative estimate of drug-likeness (QED) is 0.902. The van der Waals surface area contributed by atoms with Gasteiger partial charge in [-0.25, -0.2) is 9.97 Å². The van der Waals surface area contributed by atoms with E-state index in [9.17, 15) is 4.79 Å². The number of hydrogen-bond acceptors (Lipinski definition) is 5. The van der Waals surface area contributed by atoms with Crippen molar-refractivity contribution in [2.24, 2.45) is 5.92 Å². The number of nitrogens with one attached hydrogen (secondary N) is 1. The summed E-state index contributed by atoms with van der Waals surface area (Å²) in [4.78, 5) is 23.6. The van der Waals surface area contributed by atoms with Gasteiger partial charge in [-0.1, -0.05) is 19.9 Å². The lowest BCUT2D eigenvalue weighted by atomic mass is 9.96. The predicted octanol–water partition coefficient (Wildman–Crippen LogP) is 3.51. The van der Waals surface area contributed by atoms with Gasteiger partial charge < -0.3 is 5.32 Å². The van der Waals surface area contributed by atoms with Crippen LogP contribution in [0.25, 0.3) is 0 Å². The van der Waals surface area contributed by atoms with Crippen LogP contribution in [0.15, 0.2) is 29.8 Å². The molecule has 128 valence electrons. The molecule has 1 aliphatic rings. The molecule has 2 aromatic heterocycles. The molecule has 0 saturated carbocycles. The molecule has 0 atom stereocenters. The van der Waals surface area contributed by atoms with E-state index in [0.29, 0.717) is 11.7 Å². The SMILES string of the molecule is CC(C)c1nc(CN2CCC(C(=O)Nc3ccccn3)CC2)cs1. The minimum Gasteiger partial charge on any atom is -0.310 e. The molecule has 1 aliphatic heterocycles. The Hall–Kier alpha value is -1.79. The number of amides is 1. The second-order valence-corrected chi connectivity index (χ2v) is 7.48. The van der Waals surface area contributed by atoms with Gasteiger partial charge >= 0.3 is 0 Å². The van der Waals surface area contributed by atoms with Crippen LogP contribution < -0.4 is 5.32 Å². The van der Waals surface area contributed by atoms with Crippen LogP contribution in [0, 0.1) is 5.92 Å². The summed E-state index contributed by atoms with van der Waals surface area (Å²) in [5.41, 5.74) is 1.15. The number of carbonyl (C=O) groups is 1. The van der Waals surface area contributed by atoms with Gasteiger partial charge in [-0.2, -0.15) is 0 Å². The van der Waals surface area contributed by atoms with Gasteiger partial charge in [0.2, 0.25) is 5.91 Å². The number of thiazole rings is 1. The maximum absolute atomic E-state index is 12.3. The Morgan fingerprint density at radius 3 is 2.79 bits per heavy atom. The standard InChI is InChI=1S/C18H24N4OS/c1-13(2)18-20-15(12-24-18)11-22-9-6-14(7-10-22)17(23)21-16-5-3-4-8-19-16/h3-5,8,12-14H,6-7,9-11H2,1-2H3,(H,19,21,23). The average molecular weight is 344 g/mol. The van der Waals surface area contributed by atoms with Gasteiger partial charge in [0.25, 0.3) is 0 Å². The normalized spacial score (nSPS) is 16.5. The van der Waals surface area contributed by atoms with Gasteiger partial charge in [0.05, 0.1) is 10.7 Å². The molecule has 0 aliphatic carbocycles. The molecule has 0 spiro atoms. The van der Waals surface area contributed by atoms with E-state index in [1.165, 1.54) is 5.01 Å². The van der Waals surface area contributed by atoms with Gasteiger partial charge in [0.15, 0.2) is 0 Å². The summed E-state index contributed by atoms with van der Waals surface area (Å²) < 4.78 is 0. The molecule has 5 nitrogen and oxygen atoms in total. The van der Waals surface area contributed by atoms with Crippen LogP contribution >= 0.6 is 11.3 Å². The Morgan fingerprint density at radius 1 is 1.38 bits per heavy atom. The number of aromatic nitrogens is 2. The van der Waals surface area contributed by atoms with Gasteiger partial charge in [0, 0.05) is 30.0 Å². The number of nitrogens with zero attached hydrogens (tertiary/aromatic N) is 3. The zero-order valence-corrected chi connectivity index (χ0v) is 15.1. The molecule has 0 bridgehead atoms. The zero-order valence-electron chi connectivity index (χ0n) is 14.2. The second-order valence-electron chi connectivity index (χ2n) is 6.59. The first-order valence-corrected chi connectivity index (χ1v) is 9.38. The number of rotatable bonds is 5. The lowest BCUT2D eigenvalue weighted by Gasteiger charge is -2.30. The highest BCUT2D eigenvalue weighted by Gasteiger charge is 2.25. The highest BCUT2D eigenvalue weighted by molar-refractivity contribution is 7.09. The monoisotopic (exact) mass is 344 g/mol. The lowest BCUT2D eigenvalue weighted by molar-refractivity contribution is -0.121. The van der Waals surface area contributed by atoms with Crippen molar-refractivity contribution >= 4 is 23.1 Å². The van der Waals surface area contributed by atoms with Crippen LogP contribution in [0.5, 0.6) is 0 Å². The van der Waals surface area contributed by atoms with Crippen LogP contribution in [0.2, 0.25) is 0 Å². The lowest BCUT2D eigenvalue weighted by Crippen LogP contribution is -2.37. The number of hydrogen-bond donors (Lipinski definition) is 1. The number of likely N-dealkylation sites (tertiary alicyclic amines) is 1. The Balaban J connectivity index is 1.47. The molecule has 6 heteroatoms. The van der Waals surface area contributed by atoms with Crippen LogP contribution in [0.3, 0.4) is 0 Å². The van der Waals surface area contributed by atoms with Crippen molar-refractivity contribution in [3.63, 3.8) is 0 Å². The molecule has 3 heterocycles. The first-order valence-electron chi connectivity index (χ1n) is 8.50. The number of piperidine rings is 1. The Morgan fingerprint density at radius 2 is 2.17 bits per heavy atom. The fourth-order valence-corrected chi connectivity index (χ4v) is 3.73. The summed E-state index contributed by atoms with van der Waals surface area (Å²) in [6, 6.07) is 5.55. The van der Waals surface area contributed by atoms with E-state index in [4.69, 9.17) is 4.98 Å². The first kappa shape index (κ1) is 17.0. The largest absolute Gasteiger partial charge is 0.310 e. The number of anilines is 1. The highest BCUT2D eigenvalue weighted by atomic mass is 32.1. The Bertz CT molecular complexity index is 663. The molecule has 1 amide bonds. The van der Waals surface area contributed by atoms with Crippen molar-refractivity contribution in [2.75, 3.05) is 18.4 Å². The van der Waals surface area contributed by atoms with Crippen LogP contribution in [0.1, 0.15) is 43.3 Å². The summed E-state index contributed by atoms with van der Waals surface area (Å²) >= 11 is 1.74. The van der Waals surface area contributed by atoms with E-state index >= 15 is 0 Å². The van der Waals surface area contributed by atoms with Crippen molar-refractivity contribution in [2.45, 2.75) is 39.2 Å². The van der Waals surface area contributed by atoms with Gasteiger partial charge in [0.1, 0.15) is 5.82 Å². The maximum atomic E-state index is 12.3. The van der Waals surface area contributed by atoms with Gasteiger partial charge in [-0.3, -0.25) is 9.69 Å². The minimum absolute atomic E-state index is 0.0740. The molecular formula is C18H24N4OS. The molecule has 1 fully saturated rings. The smallest absolute Gasteiger partial charge is 0.228 e. The van der Waals surface area contributed by atoms with Crippen LogP contribution in [0.4, 0.5) is 5.82 Å². The van der Waals surface area contributed by atoms with E-state index in [0.717, 1.165) is 38.2 Å². The molecule has 1 saturated heterocycles. The molecule has 1 N–H and O–H groups in total. The van der Waals surface area contributed by atoms with Gasteiger partial charge in [-0.05, 0) is 38.1 Å². The number of carbonyl (C=O) groups excluding carboxylic acids is 1. The Kier molecular flexibility index (Phi) is 5.58. The van der Waals surface area contributed by atoms with E-state index in [2.05, 4.69) is 34.4 Å². The third kappa shape index (κ3) is 4.39.